The molecule has 2 aliphatic heterocycles. The van der Waals surface area contributed by atoms with Crippen LogP contribution in [0.5, 0.6) is 0 Å². The Kier molecular flexibility index (Phi) is 4.73. The van der Waals surface area contributed by atoms with Crippen LogP contribution in [0.3, 0.4) is 0 Å². The largest absolute Gasteiger partial charge is 0.272 e. The van der Waals surface area contributed by atoms with Crippen molar-refractivity contribution in [2.75, 3.05) is 0 Å². The molecule has 4 amide bonds. The Balaban J connectivity index is 1.67. The molecule has 32 heavy (non-hydrogen) atoms. The van der Waals surface area contributed by atoms with Crippen LogP contribution < -0.4 is 0 Å². The van der Waals surface area contributed by atoms with Gasteiger partial charge in [-0.1, -0.05) is 20.8 Å². The van der Waals surface area contributed by atoms with Crippen molar-refractivity contribution in [3.05, 3.63) is 46.5 Å². The van der Waals surface area contributed by atoms with Gasteiger partial charge in [0.25, 0.3) is 23.6 Å². The van der Waals surface area contributed by atoms with Crippen molar-refractivity contribution >= 4 is 34.4 Å². The monoisotopic (exact) mass is 432 g/mol. The van der Waals surface area contributed by atoms with Gasteiger partial charge in [-0.2, -0.15) is 0 Å². The maximum Gasteiger partial charge on any atom is 0.261 e. The average Bonchev–Trinajstić information content (AvgIpc) is 2.75. The summed E-state index contributed by atoms with van der Waals surface area (Å²) in [6.45, 7) is 8.11. The lowest BCUT2D eigenvalue weighted by Crippen LogP contribution is -2.50. The lowest BCUT2D eigenvalue weighted by Gasteiger charge is -2.40. The van der Waals surface area contributed by atoms with Crippen LogP contribution in [0.15, 0.2) is 24.3 Å². The maximum absolute atomic E-state index is 13.6. The normalized spacial score (nSPS) is 26.2. The highest BCUT2D eigenvalue weighted by atomic mass is 16.2. The van der Waals surface area contributed by atoms with Gasteiger partial charge in [0, 0.05) is 45.1 Å². The Morgan fingerprint density at radius 3 is 1.56 bits per heavy atom. The minimum atomic E-state index is -0.363. The molecule has 0 saturated heterocycles. The molecular weight excluding hydrogens is 404 g/mol. The van der Waals surface area contributed by atoms with Gasteiger partial charge in [-0.25, -0.2) is 0 Å². The Hall–Kier alpha value is -3.02. The molecule has 166 valence electrons. The average molecular weight is 433 g/mol. The third-order valence-corrected chi connectivity index (χ3v) is 7.51. The molecule has 6 nitrogen and oxygen atoms in total. The molecule has 2 aromatic rings. The van der Waals surface area contributed by atoms with Gasteiger partial charge in [-0.15, -0.1) is 0 Å². The summed E-state index contributed by atoms with van der Waals surface area (Å²) in [4.78, 5) is 56.3. The molecule has 1 fully saturated rings. The number of benzene rings is 2. The number of hydrogen-bond acceptors (Lipinski definition) is 4. The van der Waals surface area contributed by atoms with E-state index in [2.05, 4.69) is 13.8 Å². The van der Waals surface area contributed by atoms with Gasteiger partial charge in [0.05, 0.1) is 0 Å². The molecule has 3 aliphatic rings. The SMILES string of the molecule is CCC(C)N1C(=O)c2ccc3c4c(ccc(c24)C1=O)C(=O)N(C1CC(C)CC(C)C1)C3=O. The molecule has 6 heteroatoms. The van der Waals surface area contributed by atoms with Gasteiger partial charge in [0.15, 0.2) is 0 Å². The Morgan fingerprint density at radius 1 is 0.750 bits per heavy atom. The number of hydrogen-bond donors (Lipinski definition) is 0. The van der Waals surface area contributed by atoms with Crippen molar-refractivity contribution in [2.45, 2.75) is 65.5 Å². The fraction of sp³-hybridized carbons (Fsp3) is 0.462. The van der Waals surface area contributed by atoms with Crippen LogP contribution in [0, 0.1) is 11.8 Å². The molecule has 1 saturated carbocycles. The summed E-state index contributed by atoms with van der Waals surface area (Å²) in [7, 11) is 0. The van der Waals surface area contributed by atoms with Crippen molar-refractivity contribution < 1.29 is 19.2 Å². The number of rotatable bonds is 3. The molecule has 0 N–H and O–H groups in total. The van der Waals surface area contributed by atoms with E-state index in [1.807, 2.05) is 13.8 Å². The first kappa shape index (κ1) is 20.9. The molecule has 3 atom stereocenters. The fourth-order valence-electron chi connectivity index (χ4n) is 5.94. The summed E-state index contributed by atoms with van der Waals surface area (Å²) in [6.07, 6.45) is 3.35. The molecule has 2 heterocycles. The van der Waals surface area contributed by atoms with E-state index in [1.54, 1.807) is 24.3 Å². The molecule has 1 aliphatic carbocycles. The highest BCUT2D eigenvalue weighted by Gasteiger charge is 2.43. The van der Waals surface area contributed by atoms with Crippen LogP contribution >= 0.6 is 0 Å². The first-order valence-electron chi connectivity index (χ1n) is 11.6. The van der Waals surface area contributed by atoms with E-state index in [0.717, 1.165) is 19.3 Å². The van der Waals surface area contributed by atoms with Crippen molar-refractivity contribution in [1.29, 1.82) is 0 Å². The van der Waals surface area contributed by atoms with E-state index in [1.165, 1.54) is 9.80 Å². The Labute approximate surface area is 187 Å². The van der Waals surface area contributed by atoms with Crippen molar-refractivity contribution in [3.63, 3.8) is 0 Å². The van der Waals surface area contributed by atoms with Gasteiger partial charge in [-0.3, -0.25) is 29.0 Å². The van der Waals surface area contributed by atoms with E-state index >= 15 is 0 Å². The lowest BCUT2D eigenvalue weighted by molar-refractivity contribution is 0.0444. The van der Waals surface area contributed by atoms with Crippen molar-refractivity contribution in [1.82, 2.24) is 9.80 Å². The van der Waals surface area contributed by atoms with Crippen LogP contribution in [0.2, 0.25) is 0 Å². The van der Waals surface area contributed by atoms with Gasteiger partial charge in [0.1, 0.15) is 0 Å². The molecule has 5 rings (SSSR count). The number of imide groups is 2. The minimum absolute atomic E-state index is 0.131. The summed E-state index contributed by atoms with van der Waals surface area (Å²) in [6, 6.07) is 6.24. The first-order valence-corrected chi connectivity index (χ1v) is 11.6. The second-order valence-electron chi connectivity index (χ2n) is 9.86. The first-order chi connectivity index (χ1) is 15.2. The minimum Gasteiger partial charge on any atom is -0.272 e. The van der Waals surface area contributed by atoms with E-state index < -0.39 is 0 Å². The number of amides is 4. The molecule has 0 bridgehead atoms. The summed E-state index contributed by atoms with van der Waals surface area (Å²) in [5.74, 6) is -0.468. The summed E-state index contributed by atoms with van der Waals surface area (Å²) in [5.41, 5.74) is 1.58. The molecule has 0 spiro atoms. The van der Waals surface area contributed by atoms with Crippen LogP contribution in [-0.2, 0) is 0 Å². The topological polar surface area (TPSA) is 74.8 Å². The van der Waals surface area contributed by atoms with Crippen molar-refractivity contribution in [3.8, 4) is 0 Å². The second-order valence-corrected chi connectivity index (χ2v) is 9.86. The molecular formula is C26H28N2O4. The van der Waals surface area contributed by atoms with E-state index in [9.17, 15) is 19.2 Å². The van der Waals surface area contributed by atoms with Crippen LogP contribution in [0.1, 0.15) is 94.8 Å². The summed E-state index contributed by atoms with van der Waals surface area (Å²) in [5, 5.41) is 0.898. The number of carbonyl (C=O) groups excluding carboxylic acids is 4. The van der Waals surface area contributed by atoms with Gasteiger partial charge in [-0.05, 0) is 68.7 Å². The quantitative estimate of drug-likeness (QED) is 0.662. The zero-order valence-corrected chi connectivity index (χ0v) is 19.0. The van der Waals surface area contributed by atoms with Crippen LogP contribution in [0.25, 0.3) is 10.8 Å². The van der Waals surface area contributed by atoms with Gasteiger partial charge >= 0.3 is 0 Å². The molecule has 0 aromatic heterocycles. The lowest BCUT2D eigenvalue weighted by atomic mass is 9.78. The fourth-order valence-corrected chi connectivity index (χ4v) is 5.94. The van der Waals surface area contributed by atoms with Crippen molar-refractivity contribution in [2.24, 2.45) is 11.8 Å². The smallest absolute Gasteiger partial charge is 0.261 e. The predicted molar refractivity (Wildman–Crippen MR) is 121 cm³/mol. The van der Waals surface area contributed by atoms with Crippen LogP contribution in [0.4, 0.5) is 0 Å². The zero-order chi connectivity index (χ0) is 22.9. The summed E-state index contributed by atoms with van der Waals surface area (Å²) >= 11 is 0. The highest BCUT2D eigenvalue weighted by Crippen LogP contribution is 2.41. The van der Waals surface area contributed by atoms with Gasteiger partial charge < -0.3 is 0 Å². The molecule has 0 radical (unpaired) electrons. The Morgan fingerprint density at radius 2 is 1.16 bits per heavy atom. The standard InChI is InChI=1S/C26H28N2O4/c1-5-15(4)27-23(29)17-6-8-19-22-20(9-7-18(21(17)22)24(27)30)26(32)28(25(19)31)16-11-13(2)10-14(3)12-16/h6-9,13-16H,5,10-12H2,1-4H3. The van der Waals surface area contributed by atoms with E-state index in [4.69, 9.17) is 0 Å². The zero-order valence-electron chi connectivity index (χ0n) is 19.0. The van der Waals surface area contributed by atoms with E-state index in [0.29, 0.717) is 51.3 Å². The summed E-state index contributed by atoms with van der Waals surface area (Å²) < 4.78 is 0. The highest BCUT2D eigenvalue weighted by molar-refractivity contribution is 6.33. The molecule has 3 unspecified atom stereocenters. The van der Waals surface area contributed by atoms with Gasteiger partial charge in [0.2, 0.25) is 0 Å². The second kappa shape index (κ2) is 7.26. The van der Waals surface area contributed by atoms with Crippen LogP contribution in [-0.4, -0.2) is 45.5 Å². The third kappa shape index (κ3) is 2.78. The Bertz CT molecular complexity index is 1120. The number of nitrogens with zero attached hydrogens (tertiary/aromatic N) is 2. The third-order valence-electron chi connectivity index (χ3n) is 7.51. The van der Waals surface area contributed by atoms with E-state index in [-0.39, 0.29) is 35.7 Å². The molecule has 2 aromatic carbocycles. The number of carbonyl (C=O) groups is 4. The predicted octanol–water partition coefficient (Wildman–Crippen LogP) is 4.66. The maximum atomic E-state index is 13.6.